The fourth-order valence-corrected chi connectivity index (χ4v) is 5.06. The minimum Gasteiger partial charge on any atom is -0.497 e. The van der Waals surface area contributed by atoms with Crippen molar-refractivity contribution >= 4 is 28.9 Å². The van der Waals surface area contributed by atoms with E-state index < -0.39 is 12.1 Å². The summed E-state index contributed by atoms with van der Waals surface area (Å²) >= 11 is 6.53. The number of aliphatic imine (C=N–C) groups is 1. The largest absolute Gasteiger partial charge is 0.497 e. The molecule has 38 heavy (non-hydrogen) atoms. The molecule has 4 aromatic rings. The van der Waals surface area contributed by atoms with Gasteiger partial charge in [0, 0.05) is 16.1 Å². The van der Waals surface area contributed by atoms with E-state index in [2.05, 4.69) is 0 Å². The lowest BCUT2D eigenvalue weighted by Crippen LogP contribution is -2.41. The number of rotatable bonds is 7. The van der Waals surface area contributed by atoms with Gasteiger partial charge in [0.15, 0.2) is 0 Å². The maximum atomic E-state index is 14.4. The maximum Gasteiger partial charge on any atom is 0.252 e. The van der Waals surface area contributed by atoms with E-state index in [4.69, 9.17) is 26.1 Å². The molecule has 0 spiro atoms. The Bertz CT molecular complexity index is 1400. The summed E-state index contributed by atoms with van der Waals surface area (Å²) in [5.41, 5.74) is 5.17. The molecule has 5 rings (SSSR count). The van der Waals surface area contributed by atoms with Crippen LogP contribution in [0.25, 0.3) is 0 Å². The van der Waals surface area contributed by atoms with Gasteiger partial charge in [-0.2, -0.15) is 0 Å². The molecule has 5 nitrogen and oxygen atoms in total. The van der Waals surface area contributed by atoms with Crippen LogP contribution in [0.5, 0.6) is 11.5 Å². The summed E-state index contributed by atoms with van der Waals surface area (Å²) < 4.78 is 10.8. The summed E-state index contributed by atoms with van der Waals surface area (Å²) in [6.07, 6.45) is 0.561. The van der Waals surface area contributed by atoms with Gasteiger partial charge in [-0.25, -0.2) is 0 Å². The van der Waals surface area contributed by atoms with E-state index in [9.17, 15) is 4.79 Å². The Hall–Kier alpha value is -4.09. The highest BCUT2D eigenvalue weighted by Gasteiger charge is 2.37. The molecule has 0 saturated carbocycles. The molecule has 0 unspecified atom stereocenters. The molecule has 0 saturated heterocycles. The van der Waals surface area contributed by atoms with Crippen molar-refractivity contribution in [2.45, 2.75) is 25.4 Å². The number of halogens is 1. The number of carbonyl (C=O) groups is 1. The monoisotopic (exact) mass is 524 g/mol. The zero-order chi connectivity index (χ0) is 26.6. The molecule has 1 heterocycles. The third kappa shape index (κ3) is 4.90. The van der Waals surface area contributed by atoms with Crippen LogP contribution in [-0.2, 0) is 4.79 Å². The van der Waals surface area contributed by atoms with Gasteiger partial charge in [-0.15, -0.1) is 0 Å². The number of benzodiazepines with no additional fused rings is 1. The van der Waals surface area contributed by atoms with Gasteiger partial charge in [-0.3, -0.25) is 14.7 Å². The highest BCUT2D eigenvalue weighted by molar-refractivity contribution is 6.32. The average molecular weight is 525 g/mol. The molecule has 192 valence electrons. The molecule has 1 amide bonds. The quantitative estimate of drug-likeness (QED) is 0.259. The van der Waals surface area contributed by atoms with Gasteiger partial charge in [0.2, 0.25) is 0 Å². The lowest BCUT2D eigenvalue weighted by Gasteiger charge is -2.34. The Kier molecular flexibility index (Phi) is 7.47. The third-order valence-corrected chi connectivity index (χ3v) is 7.07. The first-order valence-corrected chi connectivity index (χ1v) is 13.0. The van der Waals surface area contributed by atoms with Crippen LogP contribution in [0.3, 0.4) is 0 Å². The van der Waals surface area contributed by atoms with Gasteiger partial charge in [-0.1, -0.05) is 73.1 Å². The second-order valence-electron chi connectivity index (χ2n) is 9.09. The zero-order valence-corrected chi connectivity index (χ0v) is 22.4. The molecule has 0 aliphatic carbocycles. The SMILES string of the molecule is CC[C@@H]1N=C(c2ccccc2)c2cc(Cl)ccc2N(C(c2ccc(OC)cc2)c2ccc(OC)cc2)C1=O. The minimum absolute atomic E-state index is 0.0707. The Morgan fingerprint density at radius 3 is 1.95 bits per heavy atom. The van der Waals surface area contributed by atoms with Gasteiger partial charge in [-0.05, 0) is 60.0 Å². The fraction of sp³-hybridized carbons (Fsp3) is 0.188. The fourth-order valence-electron chi connectivity index (χ4n) is 4.89. The van der Waals surface area contributed by atoms with Crippen molar-refractivity contribution in [2.24, 2.45) is 4.99 Å². The van der Waals surface area contributed by atoms with Crippen molar-refractivity contribution in [1.82, 2.24) is 0 Å². The molecule has 0 radical (unpaired) electrons. The van der Waals surface area contributed by atoms with Crippen LogP contribution in [-0.4, -0.2) is 31.9 Å². The van der Waals surface area contributed by atoms with E-state index in [0.717, 1.165) is 45.2 Å². The van der Waals surface area contributed by atoms with E-state index in [-0.39, 0.29) is 5.91 Å². The van der Waals surface area contributed by atoms with E-state index in [0.29, 0.717) is 11.4 Å². The van der Waals surface area contributed by atoms with Crippen LogP contribution in [0.4, 0.5) is 5.69 Å². The normalized spacial score (nSPS) is 15.1. The summed E-state index contributed by atoms with van der Waals surface area (Å²) in [7, 11) is 3.28. The summed E-state index contributed by atoms with van der Waals surface area (Å²) in [4.78, 5) is 21.3. The molecule has 6 heteroatoms. The van der Waals surface area contributed by atoms with Crippen LogP contribution >= 0.6 is 11.6 Å². The van der Waals surface area contributed by atoms with E-state index in [1.54, 1.807) is 14.2 Å². The first kappa shape index (κ1) is 25.6. The second kappa shape index (κ2) is 11.1. The minimum atomic E-state index is -0.560. The lowest BCUT2D eigenvalue weighted by atomic mass is 9.94. The van der Waals surface area contributed by atoms with E-state index in [1.165, 1.54) is 0 Å². The Balaban J connectivity index is 1.76. The molecule has 1 aliphatic rings. The van der Waals surface area contributed by atoms with E-state index in [1.807, 2.05) is 109 Å². The molecule has 0 aromatic heterocycles. The highest BCUT2D eigenvalue weighted by atomic mass is 35.5. The molecule has 1 aliphatic heterocycles. The third-order valence-electron chi connectivity index (χ3n) is 6.84. The predicted octanol–water partition coefficient (Wildman–Crippen LogP) is 7.11. The predicted molar refractivity (Wildman–Crippen MR) is 153 cm³/mol. The zero-order valence-electron chi connectivity index (χ0n) is 21.6. The number of anilines is 1. The van der Waals surface area contributed by atoms with Crippen LogP contribution in [0.15, 0.2) is 102 Å². The van der Waals surface area contributed by atoms with Crippen molar-refractivity contribution in [3.63, 3.8) is 0 Å². The first-order chi connectivity index (χ1) is 18.5. The topological polar surface area (TPSA) is 51.1 Å². The number of benzene rings is 4. The van der Waals surface area contributed by atoms with Gasteiger partial charge < -0.3 is 9.47 Å². The smallest absolute Gasteiger partial charge is 0.252 e. The average Bonchev–Trinajstić information content (AvgIpc) is 3.08. The van der Waals surface area contributed by atoms with Crippen molar-refractivity contribution in [2.75, 3.05) is 19.1 Å². The number of ether oxygens (including phenoxy) is 2. The number of hydrogen-bond donors (Lipinski definition) is 0. The van der Waals surface area contributed by atoms with Gasteiger partial charge >= 0.3 is 0 Å². The standard InChI is InChI=1S/C32H29ClN2O3/c1-4-28-32(36)35(29-19-14-24(33)20-27(29)30(34-28)21-8-6-5-7-9-21)31(22-10-15-25(37-2)16-11-22)23-12-17-26(38-3)18-13-23/h5-20,28,31H,4H2,1-3H3/t28-/m0/s1. The van der Waals surface area contributed by atoms with Gasteiger partial charge in [0.25, 0.3) is 5.91 Å². The number of amides is 1. The van der Waals surface area contributed by atoms with Crippen molar-refractivity contribution in [3.8, 4) is 11.5 Å². The van der Waals surface area contributed by atoms with E-state index >= 15 is 0 Å². The van der Waals surface area contributed by atoms with Crippen LogP contribution in [0, 0.1) is 0 Å². The number of fused-ring (bicyclic) bond motifs is 1. The highest BCUT2D eigenvalue weighted by Crippen LogP contribution is 2.40. The molecule has 1 atom stereocenters. The number of hydrogen-bond acceptors (Lipinski definition) is 4. The number of carbonyl (C=O) groups excluding carboxylic acids is 1. The van der Waals surface area contributed by atoms with Crippen molar-refractivity contribution in [1.29, 1.82) is 0 Å². The Labute approximate surface area is 228 Å². The molecule has 0 fully saturated rings. The van der Waals surface area contributed by atoms with Crippen LogP contribution < -0.4 is 14.4 Å². The summed E-state index contributed by atoms with van der Waals surface area (Å²) in [5.74, 6) is 1.43. The van der Waals surface area contributed by atoms with Crippen molar-refractivity contribution < 1.29 is 14.3 Å². The molecular weight excluding hydrogens is 496 g/mol. The Morgan fingerprint density at radius 1 is 0.842 bits per heavy atom. The molecule has 4 aromatic carbocycles. The molecular formula is C32H29ClN2O3. The molecule has 0 bridgehead atoms. The van der Waals surface area contributed by atoms with Gasteiger partial charge in [0.1, 0.15) is 17.5 Å². The van der Waals surface area contributed by atoms with Crippen LogP contribution in [0.1, 0.15) is 41.6 Å². The van der Waals surface area contributed by atoms with Crippen LogP contribution in [0.2, 0.25) is 5.02 Å². The van der Waals surface area contributed by atoms with Gasteiger partial charge in [0.05, 0.1) is 31.7 Å². The van der Waals surface area contributed by atoms with Crippen molar-refractivity contribution in [3.05, 3.63) is 124 Å². The first-order valence-electron chi connectivity index (χ1n) is 12.6. The molecule has 0 N–H and O–H groups in total. The maximum absolute atomic E-state index is 14.4. The second-order valence-corrected chi connectivity index (χ2v) is 9.52. The summed E-state index contributed by atoms with van der Waals surface area (Å²) in [6, 6.07) is 30.3. The summed E-state index contributed by atoms with van der Waals surface area (Å²) in [6.45, 7) is 1.99. The number of methoxy groups -OCH3 is 2. The lowest BCUT2D eigenvalue weighted by molar-refractivity contribution is -0.120. The Morgan fingerprint density at radius 2 is 1.42 bits per heavy atom. The number of nitrogens with zero attached hydrogens (tertiary/aromatic N) is 2. The summed E-state index contributed by atoms with van der Waals surface area (Å²) in [5, 5.41) is 0.583.